The first kappa shape index (κ1) is 8.62. The zero-order valence-electron chi connectivity index (χ0n) is 6.90. The molecule has 1 aliphatic rings. The van der Waals surface area contributed by atoms with Gasteiger partial charge in [0.2, 0.25) is 5.76 Å². The fraction of sp³-hybridized carbons (Fsp3) is 0.500. The van der Waals surface area contributed by atoms with E-state index in [0.29, 0.717) is 11.8 Å². The minimum Gasteiger partial charge on any atom is -0.475 e. The van der Waals surface area contributed by atoms with Gasteiger partial charge >= 0.3 is 5.97 Å². The van der Waals surface area contributed by atoms with Crippen molar-refractivity contribution in [3.8, 4) is 0 Å². The van der Waals surface area contributed by atoms with Gasteiger partial charge in [0.15, 0.2) is 5.89 Å². The van der Waals surface area contributed by atoms with Crippen molar-refractivity contribution in [3.63, 3.8) is 0 Å². The Balaban J connectivity index is 2.16. The molecule has 1 N–H and O–H groups in total. The summed E-state index contributed by atoms with van der Waals surface area (Å²) in [6.07, 6.45) is 2.31. The third-order valence-corrected chi connectivity index (χ3v) is 3.18. The summed E-state index contributed by atoms with van der Waals surface area (Å²) in [5.41, 5.74) is 0. The molecular weight excluding hydrogens is 190 g/mol. The van der Waals surface area contributed by atoms with Crippen LogP contribution in [0.1, 0.15) is 28.8 Å². The molecule has 0 aromatic carbocycles. The van der Waals surface area contributed by atoms with E-state index in [1.54, 1.807) is 0 Å². The number of nitrogens with zero attached hydrogens (tertiary/aromatic N) is 1. The Morgan fingerprint density at radius 2 is 2.62 bits per heavy atom. The quantitative estimate of drug-likeness (QED) is 0.783. The van der Waals surface area contributed by atoms with Gasteiger partial charge in [-0.25, -0.2) is 9.78 Å². The van der Waals surface area contributed by atoms with E-state index in [2.05, 4.69) is 4.98 Å². The van der Waals surface area contributed by atoms with E-state index >= 15 is 0 Å². The van der Waals surface area contributed by atoms with Gasteiger partial charge in [0.25, 0.3) is 0 Å². The molecule has 0 aliphatic carbocycles. The van der Waals surface area contributed by atoms with Crippen molar-refractivity contribution in [3.05, 3.63) is 17.8 Å². The van der Waals surface area contributed by atoms with Gasteiger partial charge in [-0.1, -0.05) is 0 Å². The summed E-state index contributed by atoms with van der Waals surface area (Å²) in [6, 6.07) is 0. The molecule has 5 heteroatoms. The molecule has 1 saturated heterocycles. The zero-order chi connectivity index (χ0) is 9.26. The third kappa shape index (κ3) is 1.70. The first-order chi connectivity index (χ1) is 6.27. The molecule has 1 aromatic rings. The van der Waals surface area contributed by atoms with Gasteiger partial charge in [0.05, 0.1) is 6.20 Å². The lowest BCUT2D eigenvalue weighted by molar-refractivity contribution is 0.0660. The van der Waals surface area contributed by atoms with Crippen molar-refractivity contribution in [2.45, 2.75) is 12.3 Å². The molecule has 0 saturated carbocycles. The van der Waals surface area contributed by atoms with E-state index in [-0.39, 0.29) is 5.76 Å². The molecule has 4 nitrogen and oxygen atoms in total. The molecule has 1 atom stereocenters. The highest BCUT2D eigenvalue weighted by atomic mass is 32.2. The highest BCUT2D eigenvalue weighted by Crippen LogP contribution is 2.31. The SMILES string of the molecule is O=C(O)c1cnc(C2CCSC2)o1. The monoisotopic (exact) mass is 199 g/mol. The smallest absolute Gasteiger partial charge is 0.373 e. The van der Waals surface area contributed by atoms with Crippen LogP contribution < -0.4 is 0 Å². The maximum absolute atomic E-state index is 10.5. The van der Waals surface area contributed by atoms with E-state index < -0.39 is 5.97 Å². The first-order valence-corrected chi connectivity index (χ1v) is 5.19. The number of carboxylic acids is 1. The third-order valence-electron chi connectivity index (χ3n) is 2.01. The molecule has 2 rings (SSSR count). The van der Waals surface area contributed by atoms with Gasteiger partial charge in [-0.2, -0.15) is 11.8 Å². The van der Waals surface area contributed by atoms with Crippen LogP contribution in [0, 0.1) is 0 Å². The maximum atomic E-state index is 10.5. The van der Waals surface area contributed by atoms with Crippen LogP contribution in [0.4, 0.5) is 0 Å². The second-order valence-corrected chi connectivity index (χ2v) is 4.08. The number of aromatic nitrogens is 1. The molecule has 0 radical (unpaired) electrons. The van der Waals surface area contributed by atoms with E-state index in [4.69, 9.17) is 9.52 Å². The molecule has 1 unspecified atom stereocenters. The molecule has 13 heavy (non-hydrogen) atoms. The van der Waals surface area contributed by atoms with Crippen molar-refractivity contribution in [1.29, 1.82) is 0 Å². The lowest BCUT2D eigenvalue weighted by Gasteiger charge is -1.99. The van der Waals surface area contributed by atoms with Gasteiger partial charge in [-0.05, 0) is 12.2 Å². The number of carboxylic acid groups (broad SMARTS) is 1. The summed E-state index contributed by atoms with van der Waals surface area (Å²) in [5.74, 6) is 1.85. The average Bonchev–Trinajstić information content (AvgIpc) is 2.75. The Morgan fingerprint density at radius 1 is 1.77 bits per heavy atom. The zero-order valence-corrected chi connectivity index (χ0v) is 7.71. The summed E-state index contributed by atoms with van der Waals surface area (Å²) in [4.78, 5) is 14.4. The van der Waals surface area contributed by atoms with Crippen LogP contribution in [0.15, 0.2) is 10.6 Å². The Morgan fingerprint density at radius 3 is 3.15 bits per heavy atom. The Labute approximate surface area is 79.3 Å². The molecule has 1 aromatic heterocycles. The summed E-state index contributed by atoms with van der Waals surface area (Å²) >= 11 is 1.85. The van der Waals surface area contributed by atoms with Crippen LogP contribution in [-0.4, -0.2) is 27.6 Å². The number of carbonyl (C=O) groups is 1. The van der Waals surface area contributed by atoms with Gasteiger partial charge in [0.1, 0.15) is 0 Å². The highest BCUT2D eigenvalue weighted by molar-refractivity contribution is 7.99. The van der Waals surface area contributed by atoms with Crippen LogP contribution >= 0.6 is 11.8 Å². The van der Waals surface area contributed by atoms with Crippen LogP contribution in [0.2, 0.25) is 0 Å². The molecule has 0 amide bonds. The van der Waals surface area contributed by atoms with Crippen molar-refractivity contribution in [2.75, 3.05) is 11.5 Å². The molecular formula is C8H9NO3S. The summed E-state index contributed by atoms with van der Waals surface area (Å²) in [6.45, 7) is 0. The number of aromatic carboxylic acids is 1. The Hall–Kier alpha value is -0.970. The molecule has 2 heterocycles. The second-order valence-electron chi connectivity index (χ2n) is 2.93. The lowest BCUT2D eigenvalue weighted by Crippen LogP contribution is -1.96. The van der Waals surface area contributed by atoms with Crippen LogP contribution in [0.5, 0.6) is 0 Å². The van der Waals surface area contributed by atoms with Crippen molar-refractivity contribution in [1.82, 2.24) is 4.98 Å². The van der Waals surface area contributed by atoms with Gasteiger partial charge in [0, 0.05) is 11.7 Å². The summed E-state index contributed by atoms with van der Waals surface area (Å²) in [5, 5.41) is 8.60. The number of oxazole rings is 1. The van der Waals surface area contributed by atoms with Gasteiger partial charge in [-0.15, -0.1) is 0 Å². The summed E-state index contributed by atoms with van der Waals surface area (Å²) < 4.78 is 5.11. The normalized spacial score (nSPS) is 22.0. The van der Waals surface area contributed by atoms with Gasteiger partial charge < -0.3 is 9.52 Å². The second kappa shape index (κ2) is 3.41. The number of rotatable bonds is 2. The topological polar surface area (TPSA) is 63.3 Å². The van der Waals surface area contributed by atoms with Crippen LogP contribution in [0.3, 0.4) is 0 Å². The average molecular weight is 199 g/mol. The lowest BCUT2D eigenvalue weighted by atomic mass is 10.1. The van der Waals surface area contributed by atoms with Crippen LogP contribution in [-0.2, 0) is 0 Å². The predicted molar refractivity (Wildman–Crippen MR) is 48.1 cm³/mol. The van der Waals surface area contributed by atoms with Crippen molar-refractivity contribution >= 4 is 17.7 Å². The van der Waals surface area contributed by atoms with E-state index in [0.717, 1.165) is 17.9 Å². The number of hydrogen-bond acceptors (Lipinski definition) is 4. The standard InChI is InChI=1S/C8H9NO3S/c10-8(11)6-3-9-7(12-6)5-1-2-13-4-5/h3,5H,1-2,4H2,(H,10,11). The Kier molecular flexibility index (Phi) is 2.26. The summed E-state index contributed by atoms with van der Waals surface area (Å²) in [7, 11) is 0. The van der Waals surface area contributed by atoms with Crippen LogP contribution in [0.25, 0.3) is 0 Å². The van der Waals surface area contributed by atoms with Gasteiger partial charge in [-0.3, -0.25) is 0 Å². The molecule has 0 bridgehead atoms. The molecule has 1 aliphatic heterocycles. The minimum absolute atomic E-state index is 0.0631. The first-order valence-electron chi connectivity index (χ1n) is 4.04. The van der Waals surface area contributed by atoms with E-state index in [9.17, 15) is 4.79 Å². The fourth-order valence-corrected chi connectivity index (χ4v) is 2.52. The van der Waals surface area contributed by atoms with Crippen molar-refractivity contribution in [2.24, 2.45) is 0 Å². The highest BCUT2D eigenvalue weighted by Gasteiger charge is 2.23. The molecule has 70 valence electrons. The van der Waals surface area contributed by atoms with E-state index in [1.165, 1.54) is 6.20 Å². The Bertz CT molecular complexity index is 317. The molecule has 1 fully saturated rings. The van der Waals surface area contributed by atoms with E-state index in [1.807, 2.05) is 11.8 Å². The number of thioether (sulfide) groups is 1. The molecule has 0 spiro atoms. The predicted octanol–water partition coefficient (Wildman–Crippen LogP) is 1.59. The maximum Gasteiger partial charge on any atom is 0.373 e. The fourth-order valence-electron chi connectivity index (χ4n) is 1.30. The number of hydrogen-bond donors (Lipinski definition) is 1. The largest absolute Gasteiger partial charge is 0.475 e. The van der Waals surface area contributed by atoms with Crippen molar-refractivity contribution < 1.29 is 14.3 Å². The minimum atomic E-state index is -1.05.